The standard InChI is InChI=1S/C27H26N10O2/c1-4-24(38)36-10-9-35(14-18(36)3)27-28-13-21-25(34-27)26(31-15-29-21)33-19-5-6-22(17(2)11-19)39-20-7-8-37-23(12-20)30-16-32-37/h4-8,11-13,15-16,18H,1,9-10,14H2,2-3H3,(H,29,31,33)/t18-/m0/s1. The van der Waals surface area contributed by atoms with Crippen molar-refractivity contribution in [1.82, 2.24) is 39.4 Å². The first-order valence-corrected chi connectivity index (χ1v) is 12.5. The van der Waals surface area contributed by atoms with Crippen LogP contribution in [0, 0.1) is 6.92 Å². The van der Waals surface area contributed by atoms with Gasteiger partial charge < -0.3 is 19.9 Å². The maximum absolute atomic E-state index is 12.1. The molecule has 0 unspecified atom stereocenters. The highest BCUT2D eigenvalue weighted by Gasteiger charge is 2.27. The van der Waals surface area contributed by atoms with Crippen LogP contribution in [-0.2, 0) is 4.79 Å². The number of benzene rings is 1. The number of fused-ring (bicyclic) bond motifs is 2. The third-order valence-corrected chi connectivity index (χ3v) is 6.65. The highest BCUT2D eigenvalue weighted by atomic mass is 16.5. The van der Waals surface area contributed by atoms with Crippen molar-refractivity contribution in [2.24, 2.45) is 0 Å². The Morgan fingerprint density at radius 3 is 2.85 bits per heavy atom. The molecule has 1 aromatic carbocycles. The summed E-state index contributed by atoms with van der Waals surface area (Å²) in [6, 6.07) is 9.50. The van der Waals surface area contributed by atoms with Gasteiger partial charge in [-0.2, -0.15) is 5.10 Å². The fourth-order valence-corrected chi connectivity index (χ4v) is 4.64. The largest absolute Gasteiger partial charge is 0.457 e. The first-order chi connectivity index (χ1) is 19.0. The molecule has 5 aromatic rings. The van der Waals surface area contributed by atoms with Crippen LogP contribution in [0.2, 0.25) is 0 Å². The quantitative estimate of drug-likeness (QED) is 0.331. The molecule has 1 fully saturated rings. The van der Waals surface area contributed by atoms with Crippen molar-refractivity contribution in [2.45, 2.75) is 19.9 Å². The number of pyridine rings is 1. The molecule has 5 heterocycles. The Labute approximate surface area is 224 Å². The van der Waals surface area contributed by atoms with E-state index in [2.05, 4.69) is 41.8 Å². The predicted octanol–water partition coefficient (Wildman–Crippen LogP) is 3.53. The van der Waals surface area contributed by atoms with Crippen LogP contribution in [0.5, 0.6) is 11.5 Å². The molecular formula is C27H26N10O2. The molecule has 0 radical (unpaired) electrons. The number of carbonyl (C=O) groups excluding carboxylic acids is 1. The van der Waals surface area contributed by atoms with E-state index in [0.717, 1.165) is 17.0 Å². The highest BCUT2D eigenvalue weighted by molar-refractivity contribution is 5.88. The number of nitrogens with one attached hydrogen (secondary N) is 1. The molecule has 6 rings (SSSR count). The molecule has 12 heteroatoms. The van der Waals surface area contributed by atoms with E-state index in [0.29, 0.717) is 53.8 Å². The lowest BCUT2D eigenvalue weighted by Gasteiger charge is -2.39. The molecule has 1 saturated heterocycles. The van der Waals surface area contributed by atoms with Gasteiger partial charge in [0.1, 0.15) is 35.2 Å². The number of nitrogens with zero attached hydrogens (tertiary/aromatic N) is 9. The summed E-state index contributed by atoms with van der Waals surface area (Å²) >= 11 is 0. The molecule has 1 N–H and O–H groups in total. The van der Waals surface area contributed by atoms with E-state index in [9.17, 15) is 4.79 Å². The summed E-state index contributed by atoms with van der Waals surface area (Å²) in [5, 5.41) is 7.47. The molecular weight excluding hydrogens is 496 g/mol. The number of hydrogen-bond donors (Lipinski definition) is 1. The number of amides is 1. The van der Waals surface area contributed by atoms with E-state index in [1.54, 1.807) is 16.9 Å². The molecule has 39 heavy (non-hydrogen) atoms. The van der Waals surface area contributed by atoms with Crippen LogP contribution in [0.4, 0.5) is 17.5 Å². The Balaban J connectivity index is 1.22. The summed E-state index contributed by atoms with van der Waals surface area (Å²) < 4.78 is 7.77. The Morgan fingerprint density at radius 2 is 2.03 bits per heavy atom. The fourth-order valence-electron chi connectivity index (χ4n) is 4.64. The highest BCUT2D eigenvalue weighted by Crippen LogP contribution is 2.30. The van der Waals surface area contributed by atoms with Crippen molar-refractivity contribution < 1.29 is 9.53 Å². The average Bonchev–Trinajstić information content (AvgIpc) is 3.42. The predicted molar refractivity (Wildman–Crippen MR) is 146 cm³/mol. The molecule has 1 aliphatic rings. The van der Waals surface area contributed by atoms with E-state index < -0.39 is 0 Å². The second-order valence-electron chi connectivity index (χ2n) is 9.29. The lowest BCUT2D eigenvalue weighted by molar-refractivity contribution is -0.128. The van der Waals surface area contributed by atoms with Crippen LogP contribution in [0.15, 0.2) is 68.0 Å². The Hall–Kier alpha value is -5.13. The molecule has 4 aromatic heterocycles. The van der Waals surface area contributed by atoms with Crippen molar-refractivity contribution in [2.75, 3.05) is 29.9 Å². The van der Waals surface area contributed by atoms with Crippen LogP contribution in [0.25, 0.3) is 16.7 Å². The topological polar surface area (TPSA) is 127 Å². The summed E-state index contributed by atoms with van der Waals surface area (Å²) in [6.45, 7) is 9.40. The second-order valence-corrected chi connectivity index (χ2v) is 9.29. The van der Waals surface area contributed by atoms with E-state index in [1.165, 1.54) is 18.7 Å². The number of piperazine rings is 1. The number of aryl methyl sites for hydroxylation is 1. The van der Waals surface area contributed by atoms with Crippen LogP contribution in [0.1, 0.15) is 12.5 Å². The molecule has 0 aliphatic carbocycles. The van der Waals surface area contributed by atoms with E-state index in [1.807, 2.05) is 49.1 Å². The Kier molecular flexibility index (Phi) is 6.19. The van der Waals surface area contributed by atoms with Crippen LogP contribution >= 0.6 is 0 Å². The number of aromatic nitrogens is 7. The average molecular weight is 523 g/mol. The van der Waals surface area contributed by atoms with E-state index in [4.69, 9.17) is 9.72 Å². The van der Waals surface area contributed by atoms with Gasteiger partial charge in [-0.1, -0.05) is 6.58 Å². The van der Waals surface area contributed by atoms with E-state index in [-0.39, 0.29) is 11.9 Å². The first-order valence-electron chi connectivity index (χ1n) is 12.5. The maximum atomic E-state index is 12.1. The van der Waals surface area contributed by atoms with Gasteiger partial charge in [0.2, 0.25) is 11.9 Å². The molecule has 0 bridgehead atoms. The van der Waals surface area contributed by atoms with Gasteiger partial charge in [-0.25, -0.2) is 29.4 Å². The Morgan fingerprint density at radius 1 is 1.13 bits per heavy atom. The first kappa shape index (κ1) is 24.2. The zero-order chi connectivity index (χ0) is 26.9. The zero-order valence-corrected chi connectivity index (χ0v) is 21.5. The van der Waals surface area contributed by atoms with Gasteiger partial charge in [-0.3, -0.25) is 4.79 Å². The van der Waals surface area contributed by atoms with Gasteiger partial charge in [0.15, 0.2) is 11.5 Å². The van der Waals surface area contributed by atoms with Gasteiger partial charge >= 0.3 is 0 Å². The summed E-state index contributed by atoms with van der Waals surface area (Å²) in [4.78, 5) is 38.3. The van der Waals surface area contributed by atoms with Crippen LogP contribution in [-0.4, -0.2) is 71.0 Å². The van der Waals surface area contributed by atoms with Crippen LogP contribution in [0.3, 0.4) is 0 Å². The molecule has 196 valence electrons. The lowest BCUT2D eigenvalue weighted by atomic mass is 10.2. The Bertz CT molecular complexity index is 1700. The number of hydrogen-bond acceptors (Lipinski definition) is 10. The van der Waals surface area contributed by atoms with Crippen molar-refractivity contribution in [3.63, 3.8) is 0 Å². The molecule has 0 saturated carbocycles. The van der Waals surface area contributed by atoms with Gasteiger partial charge in [-0.05, 0) is 49.8 Å². The van der Waals surface area contributed by atoms with E-state index >= 15 is 0 Å². The minimum atomic E-state index is -0.0652. The number of anilines is 3. The summed E-state index contributed by atoms with van der Waals surface area (Å²) in [7, 11) is 0. The second kappa shape index (κ2) is 9.97. The summed E-state index contributed by atoms with van der Waals surface area (Å²) in [5.41, 5.74) is 3.72. The van der Waals surface area contributed by atoms with Crippen molar-refractivity contribution >= 4 is 40.0 Å². The summed E-state index contributed by atoms with van der Waals surface area (Å²) in [5.74, 6) is 2.48. The molecule has 1 amide bonds. The summed E-state index contributed by atoms with van der Waals surface area (Å²) in [6.07, 6.45) is 7.85. The molecule has 1 aliphatic heterocycles. The molecule has 0 spiro atoms. The van der Waals surface area contributed by atoms with Crippen molar-refractivity contribution in [3.05, 3.63) is 73.6 Å². The van der Waals surface area contributed by atoms with Gasteiger partial charge in [0.25, 0.3) is 0 Å². The smallest absolute Gasteiger partial charge is 0.246 e. The number of ether oxygens (including phenoxy) is 1. The maximum Gasteiger partial charge on any atom is 0.246 e. The normalized spacial score (nSPS) is 15.5. The minimum absolute atomic E-state index is 0.00941. The zero-order valence-electron chi connectivity index (χ0n) is 21.5. The fraction of sp³-hybridized carbons (Fsp3) is 0.222. The van der Waals surface area contributed by atoms with Gasteiger partial charge in [0, 0.05) is 43.6 Å². The monoisotopic (exact) mass is 522 g/mol. The van der Waals surface area contributed by atoms with Gasteiger partial charge in [-0.15, -0.1) is 0 Å². The third kappa shape index (κ3) is 4.79. The molecule has 1 atom stereocenters. The van der Waals surface area contributed by atoms with Crippen LogP contribution < -0.4 is 15.0 Å². The minimum Gasteiger partial charge on any atom is -0.457 e. The SMILES string of the molecule is C=CC(=O)N1CCN(c2ncc3ncnc(Nc4ccc(Oc5ccn6ncnc6c5)c(C)c4)c3n2)C[C@@H]1C. The number of carbonyl (C=O) groups is 1. The molecule has 12 nitrogen and oxygen atoms in total. The van der Waals surface area contributed by atoms with Crippen molar-refractivity contribution in [1.29, 1.82) is 0 Å². The van der Waals surface area contributed by atoms with Crippen molar-refractivity contribution in [3.8, 4) is 11.5 Å². The van der Waals surface area contributed by atoms with Gasteiger partial charge in [0.05, 0.1) is 6.20 Å². The lowest BCUT2D eigenvalue weighted by Crippen LogP contribution is -2.54. The number of rotatable bonds is 6. The third-order valence-electron chi connectivity index (χ3n) is 6.65.